The lowest BCUT2D eigenvalue weighted by Gasteiger charge is -2.36. The molecule has 1 aliphatic heterocycles. The molecule has 0 aliphatic carbocycles. The highest BCUT2D eigenvalue weighted by Gasteiger charge is 2.28. The van der Waals surface area contributed by atoms with Crippen LogP contribution in [0.4, 0.5) is 0 Å². The van der Waals surface area contributed by atoms with E-state index in [1.807, 2.05) is 0 Å². The second kappa shape index (κ2) is 6.59. The van der Waals surface area contributed by atoms with Crippen LogP contribution in [0.15, 0.2) is 22.7 Å². The summed E-state index contributed by atoms with van der Waals surface area (Å²) in [5.74, 6) is 1.17. The molecule has 1 heterocycles. The third-order valence-electron chi connectivity index (χ3n) is 3.93. The summed E-state index contributed by atoms with van der Waals surface area (Å²) in [7, 11) is 1.61. The van der Waals surface area contributed by atoms with Gasteiger partial charge in [0.1, 0.15) is 5.75 Å². The van der Waals surface area contributed by atoms with Crippen molar-refractivity contribution in [2.75, 3.05) is 13.7 Å². The quantitative estimate of drug-likeness (QED) is 0.889. The van der Waals surface area contributed by atoms with Gasteiger partial charge in [0.2, 0.25) is 0 Å². The maximum absolute atomic E-state index is 12.4. The molecule has 2 N–H and O–H groups in total. The topological polar surface area (TPSA) is 50.4 Å². The molecule has 0 aromatic heterocycles. The van der Waals surface area contributed by atoms with E-state index in [9.17, 15) is 4.79 Å². The van der Waals surface area contributed by atoms with Gasteiger partial charge in [0, 0.05) is 17.6 Å². The number of carbonyl (C=O) groups is 1. The third-order valence-corrected chi connectivity index (χ3v) is 4.55. The van der Waals surface area contributed by atoms with Crippen LogP contribution in [0.25, 0.3) is 0 Å². The van der Waals surface area contributed by atoms with Gasteiger partial charge in [-0.3, -0.25) is 4.79 Å². The summed E-state index contributed by atoms with van der Waals surface area (Å²) in [5, 5.41) is 6.54. The first-order chi connectivity index (χ1) is 9.52. The van der Waals surface area contributed by atoms with Crippen molar-refractivity contribution in [3.63, 3.8) is 0 Å². The maximum atomic E-state index is 12.4. The Balaban J connectivity index is 2.09. The fourth-order valence-electron chi connectivity index (χ4n) is 2.65. The average Bonchev–Trinajstić information content (AvgIpc) is 2.42. The highest BCUT2D eigenvalue weighted by atomic mass is 79.9. The van der Waals surface area contributed by atoms with Gasteiger partial charge in [-0.2, -0.15) is 0 Å². The van der Waals surface area contributed by atoms with Gasteiger partial charge in [-0.15, -0.1) is 0 Å². The Labute approximate surface area is 128 Å². The van der Waals surface area contributed by atoms with Crippen molar-refractivity contribution in [2.45, 2.75) is 32.4 Å². The zero-order valence-corrected chi connectivity index (χ0v) is 13.7. The molecule has 1 aromatic carbocycles. The van der Waals surface area contributed by atoms with Crippen LogP contribution < -0.4 is 15.4 Å². The number of methoxy groups -OCH3 is 1. The summed E-state index contributed by atoms with van der Waals surface area (Å²) in [4.78, 5) is 12.4. The number of carbonyl (C=O) groups excluding carboxylic acids is 1. The molecule has 3 unspecified atom stereocenters. The average molecular weight is 341 g/mol. The van der Waals surface area contributed by atoms with E-state index in [1.54, 1.807) is 25.3 Å². The van der Waals surface area contributed by atoms with E-state index in [0.717, 1.165) is 23.2 Å². The lowest BCUT2D eigenvalue weighted by atomic mass is 9.89. The van der Waals surface area contributed by atoms with Crippen LogP contribution in [0.5, 0.6) is 5.75 Å². The van der Waals surface area contributed by atoms with Crippen molar-refractivity contribution < 1.29 is 9.53 Å². The highest BCUT2D eigenvalue weighted by molar-refractivity contribution is 9.10. The molecule has 4 nitrogen and oxygen atoms in total. The van der Waals surface area contributed by atoms with Gasteiger partial charge in [0.05, 0.1) is 11.6 Å². The monoisotopic (exact) mass is 340 g/mol. The number of piperidine rings is 1. The summed E-state index contributed by atoms with van der Waals surface area (Å²) < 4.78 is 5.96. The molecule has 20 heavy (non-hydrogen) atoms. The molecular formula is C15H21BrN2O2. The molecule has 0 saturated carbocycles. The van der Waals surface area contributed by atoms with Crippen LogP contribution in [-0.4, -0.2) is 31.6 Å². The standard InChI is InChI=1S/C15H21BrN2O2/c1-9-6-7-17-10(2)14(9)18-15(19)11-4-5-13(20-3)12(16)8-11/h4-5,8-10,14,17H,6-7H2,1-3H3,(H,18,19). The number of hydrogen-bond donors (Lipinski definition) is 2. The Hall–Kier alpha value is -1.07. The van der Waals surface area contributed by atoms with Crippen molar-refractivity contribution in [3.05, 3.63) is 28.2 Å². The Morgan fingerprint density at radius 3 is 2.80 bits per heavy atom. The third kappa shape index (κ3) is 3.33. The van der Waals surface area contributed by atoms with Gasteiger partial charge in [0.15, 0.2) is 0 Å². The molecule has 0 radical (unpaired) electrons. The van der Waals surface area contributed by atoms with Crippen LogP contribution in [0.3, 0.4) is 0 Å². The highest BCUT2D eigenvalue weighted by Crippen LogP contribution is 2.26. The molecule has 1 aromatic rings. The van der Waals surface area contributed by atoms with Crippen molar-refractivity contribution in [3.8, 4) is 5.75 Å². The second-order valence-electron chi connectivity index (χ2n) is 5.36. The molecule has 1 fully saturated rings. The number of ether oxygens (including phenoxy) is 1. The molecular weight excluding hydrogens is 320 g/mol. The van der Waals surface area contributed by atoms with E-state index in [4.69, 9.17) is 4.74 Å². The molecule has 5 heteroatoms. The maximum Gasteiger partial charge on any atom is 0.251 e. The Kier molecular flexibility index (Phi) is 5.05. The predicted molar refractivity (Wildman–Crippen MR) is 83.2 cm³/mol. The van der Waals surface area contributed by atoms with E-state index < -0.39 is 0 Å². The van der Waals surface area contributed by atoms with Crippen LogP contribution in [0.1, 0.15) is 30.6 Å². The van der Waals surface area contributed by atoms with Crippen molar-refractivity contribution in [1.82, 2.24) is 10.6 Å². The largest absolute Gasteiger partial charge is 0.496 e. The first-order valence-corrected chi connectivity index (χ1v) is 7.70. The first-order valence-electron chi connectivity index (χ1n) is 6.90. The van der Waals surface area contributed by atoms with Gasteiger partial charge in [-0.05, 0) is 59.9 Å². The minimum Gasteiger partial charge on any atom is -0.496 e. The van der Waals surface area contributed by atoms with E-state index in [-0.39, 0.29) is 11.9 Å². The summed E-state index contributed by atoms with van der Waals surface area (Å²) >= 11 is 3.41. The molecule has 2 rings (SSSR count). The number of nitrogens with one attached hydrogen (secondary N) is 2. The van der Waals surface area contributed by atoms with E-state index in [1.165, 1.54) is 0 Å². The van der Waals surface area contributed by atoms with Crippen molar-refractivity contribution in [1.29, 1.82) is 0 Å². The van der Waals surface area contributed by atoms with Gasteiger partial charge < -0.3 is 15.4 Å². The van der Waals surface area contributed by atoms with Gasteiger partial charge in [-0.1, -0.05) is 6.92 Å². The lowest BCUT2D eigenvalue weighted by molar-refractivity contribution is 0.0897. The van der Waals surface area contributed by atoms with E-state index in [0.29, 0.717) is 17.5 Å². The molecule has 110 valence electrons. The Morgan fingerprint density at radius 2 is 2.20 bits per heavy atom. The summed E-state index contributed by atoms with van der Waals surface area (Å²) in [5.41, 5.74) is 0.641. The van der Waals surface area contributed by atoms with Crippen molar-refractivity contribution in [2.24, 2.45) is 5.92 Å². The molecule has 0 bridgehead atoms. The number of rotatable bonds is 3. The van der Waals surface area contributed by atoms with Crippen LogP contribution in [0, 0.1) is 5.92 Å². The molecule has 1 aliphatic rings. The Bertz CT molecular complexity index is 483. The molecule has 0 spiro atoms. The van der Waals surface area contributed by atoms with E-state index in [2.05, 4.69) is 40.4 Å². The smallest absolute Gasteiger partial charge is 0.251 e. The zero-order valence-electron chi connectivity index (χ0n) is 12.1. The SMILES string of the molecule is COc1ccc(C(=O)NC2C(C)CCNC2C)cc1Br. The van der Waals surface area contributed by atoms with Crippen LogP contribution >= 0.6 is 15.9 Å². The number of amides is 1. The van der Waals surface area contributed by atoms with Gasteiger partial charge >= 0.3 is 0 Å². The summed E-state index contributed by atoms with van der Waals surface area (Å²) in [6.07, 6.45) is 1.08. The first kappa shape index (κ1) is 15.3. The fraction of sp³-hybridized carbons (Fsp3) is 0.533. The second-order valence-corrected chi connectivity index (χ2v) is 6.21. The normalized spacial score (nSPS) is 26.1. The Morgan fingerprint density at radius 1 is 1.45 bits per heavy atom. The van der Waals surface area contributed by atoms with Crippen LogP contribution in [0.2, 0.25) is 0 Å². The fourth-order valence-corrected chi connectivity index (χ4v) is 3.19. The minimum absolute atomic E-state index is 0.0410. The van der Waals surface area contributed by atoms with E-state index >= 15 is 0 Å². The predicted octanol–water partition coefficient (Wildman–Crippen LogP) is 2.57. The van der Waals surface area contributed by atoms with Gasteiger partial charge in [-0.25, -0.2) is 0 Å². The number of halogens is 1. The minimum atomic E-state index is -0.0410. The lowest BCUT2D eigenvalue weighted by Crippen LogP contribution is -2.55. The molecule has 1 saturated heterocycles. The summed E-state index contributed by atoms with van der Waals surface area (Å²) in [6.45, 7) is 5.32. The van der Waals surface area contributed by atoms with Crippen molar-refractivity contribution >= 4 is 21.8 Å². The molecule has 3 atom stereocenters. The van der Waals surface area contributed by atoms with Gasteiger partial charge in [0.25, 0.3) is 5.91 Å². The number of hydrogen-bond acceptors (Lipinski definition) is 3. The molecule has 1 amide bonds. The summed E-state index contributed by atoms with van der Waals surface area (Å²) in [6, 6.07) is 5.83. The van der Waals surface area contributed by atoms with Crippen LogP contribution in [-0.2, 0) is 0 Å². The zero-order chi connectivity index (χ0) is 14.7. The number of benzene rings is 1.